The van der Waals surface area contributed by atoms with Gasteiger partial charge in [-0.15, -0.1) is 11.3 Å². The van der Waals surface area contributed by atoms with Gasteiger partial charge in [0, 0.05) is 16.5 Å². The number of thiophene rings is 1. The number of methoxy groups -OCH3 is 1. The van der Waals surface area contributed by atoms with Crippen LogP contribution in [-0.4, -0.2) is 24.7 Å². The van der Waals surface area contributed by atoms with Crippen LogP contribution < -0.4 is 10.1 Å². The van der Waals surface area contributed by atoms with Crippen molar-refractivity contribution < 1.29 is 14.6 Å². The fourth-order valence-electron chi connectivity index (χ4n) is 1.96. The fourth-order valence-corrected chi connectivity index (χ4v) is 2.75. The van der Waals surface area contributed by atoms with Gasteiger partial charge in [-0.25, -0.2) is 0 Å². The number of hydrogen-bond donors (Lipinski definition) is 2. The molecule has 2 rings (SSSR count). The van der Waals surface area contributed by atoms with Gasteiger partial charge in [0.2, 0.25) is 5.91 Å². The molecule has 1 heterocycles. The Balaban J connectivity index is 1.94. The summed E-state index contributed by atoms with van der Waals surface area (Å²) >= 11 is 1.46. The molecule has 0 saturated carbocycles. The lowest BCUT2D eigenvalue weighted by Crippen LogP contribution is -2.37. The zero-order chi connectivity index (χ0) is 16.0. The van der Waals surface area contributed by atoms with E-state index >= 15 is 0 Å². The summed E-state index contributed by atoms with van der Waals surface area (Å²) in [5, 5.41) is 14.9. The second-order valence-electron chi connectivity index (χ2n) is 5.04. The number of hydrogen-bond acceptors (Lipinski definition) is 4. The number of rotatable bonds is 6. The van der Waals surface area contributed by atoms with E-state index in [2.05, 4.69) is 5.32 Å². The van der Waals surface area contributed by atoms with Crippen molar-refractivity contribution in [1.29, 1.82) is 0 Å². The summed E-state index contributed by atoms with van der Waals surface area (Å²) in [7, 11) is 1.59. The highest BCUT2D eigenvalue weighted by Crippen LogP contribution is 2.24. The standard InChI is InChI=1S/C17H19NO3S/c1-17(20,15-8-5-11-22-15)12-18-16(19)10-9-13-6-3-4-7-14(13)21-2/h3-11,20H,12H2,1-2H3,(H,18,19)/b10-9+/t17-/m0/s1. The van der Waals surface area contributed by atoms with Gasteiger partial charge in [-0.2, -0.15) is 0 Å². The summed E-state index contributed by atoms with van der Waals surface area (Å²) in [6.07, 6.45) is 3.12. The number of aliphatic hydroxyl groups is 1. The van der Waals surface area contributed by atoms with Crippen molar-refractivity contribution in [3.05, 3.63) is 58.3 Å². The van der Waals surface area contributed by atoms with Crippen LogP contribution in [-0.2, 0) is 10.4 Å². The maximum absolute atomic E-state index is 11.9. The Hall–Kier alpha value is -2.11. The molecule has 0 bridgehead atoms. The van der Waals surface area contributed by atoms with Gasteiger partial charge < -0.3 is 15.2 Å². The summed E-state index contributed by atoms with van der Waals surface area (Å²) in [5.74, 6) is 0.444. The monoisotopic (exact) mass is 317 g/mol. The molecule has 0 radical (unpaired) electrons. The number of ether oxygens (including phenoxy) is 1. The highest BCUT2D eigenvalue weighted by atomic mass is 32.1. The lowest BCUT2D eigenvalue weighted by Gasteiger charge is -2.21. The molecule has 5 heteroatoms. The van der Waals surface area contributed by atoms with E-state index in [-0.39, 0.29) is 12.5 Å². The van der Waals surface area contributed by atoms with Crippen LogP contribution in [0.2, 0.25) is 0 Å². The molecular weight excluding hydrogens is 298 g/mol. The second kappa shape index (κ2) is 7.24. The van der Waals surface area contributed by atoms with Crippen LogP contribution in [0, 0.1) is 0 Å². The number of carbonyl (C=O) groups is 1. The minimum atomic E-state index is -1.07. The average molecular weight is 317 g/mol. The van der Waals surface area contributed by atoms with Crippen molar-refractivity contribution in [2.75, 3.05) is 13.7 Å². The van der Waals surface area contributed by atoms with Crippen LogP contribution in [0.5, 0.6) is 5.75 Å². The van der Waals surface area contributed by atoms with E-state index in [1.165, 1.54) is 17.4 Å². The van der Waals surface area contributed by atoms with Crippen molar-refractivity contribution in [3.63, 3.8) is 0 Å². The van der Waals surface area contributed by atoms with Crippen LogP contribution in [0.15, 0.2) is 47.9 Å². The molecule has 4 nitrogen and oxygen atoms in total. The Labute approximate surface area is 134 Å². The Kier molecular flexibility index (Phi) is 5.35. The van der Waals surface area contributed by atoms with Gasteiger partial charge in [0.1, 0.15) is 11.4 Å². The lowest BCUT2D eigenvalue weighted by molar-refractivity contribution is -0.117. The smallest absolute Gasteiger partial charge is 0.244 e. The predicted molar refractivity (Wildman–Crippen MR) is 88.9 cm³/mol. The second-order valence-corrected chi connectivity index (χ2v) is 5.99. The molecular formula is C17H19NO3S. The normalized spacial score (nSPS) is 13.8. The molecule has 116 valence electrons. The van der Waals surface area contributed by atoms with E-state index in [0.717, 1.165) is 10.4 Å². The van der Waals surface area contributed by atoms with Crippen LogP contribution in [0.3, 0.4) is 0 Å². The molecule has 0 aliphatic heterocycles. The van der Waals surface area contributed by atoms with Crippen molar-refractivity contribution in [2.24, 2.45) is 0 Å². The SMILES string of the molecule is COc1ccccc1/C=C/C(=O)NC[C@](C)(O)c1cccs1. The largest absolute Gasteiger partial charge is 0.496 e. The van der Waals surface area contributed by atoms with E-state index in [0.29, 0.717) is 5.75 Å². The van der Waals surface area contributed by atoms with Crippen LogP contribution in [0.1, 0.15) is 17.4 Å². The van der Waals surface area contributed by atoms with Gasteiger partial charge in [-0.3, -0.25) is 4.79 Å². The molecule has 1 amide bonds. The van der Waals surface area contributed by atoms with Crippen LogP contribution in [0.4, 0.5) is 0 Å². The number of amides is 1. The van der Waals surface area contributed by atoms with Gasteiger partial charge in [0.15, 0.2) is 0 Å². The van der Waals surface area contributed by atoms with Crippen molar-refractivity contribution >= 4 is 23.3 Å². The molecule has 1 atom stereocenters. The number of nitrogens with one attached hydrogen (secondary N) is 1. The van der Waals surface area contributed by atoms with Gasteiger partial charge in [-0.1, -0.05) is 24.3 Å². The molecule has 0 aliphatic rings. The lowest BCUT2D eigenvalue weighted by atomic mass is 10.1. The van der Waals surface area contributed by atoms with E-state index in [1.807, 2.05) is 41.8 Å². The quantitative estimate of drug-likeness (QED) is 0.806. The number of benzene rings is 1. The molecule has 1 aromatic heterocycles. The summed E-state index contributed by atoms with van der Waals surface area (Å²) in [6, 6.07) is 11.2. The minimum Gasteiger partial charge on any atom is -0.496 e. The van der Waals surface area contributed by atoms with E-state index < -0.39 is 5.60 Å². The zero-order valence-corrected chi connectivity index (χ0v) is 13.4. The summed E-state index contributed by atoms with van der Waals surface area (Å²) < 4.78 is 5.22. The molecule has 0 spiro atoms. The number of para-hydroxylation sites is 1. The predicted octanol–water partition coefficient (Wildman–Crippen LogP) is 2.79. The first kappa shape index (κ1) is 16.3. The third-order valence-corrected chi connectivity index (χ3v) is 4.34. The average Bonchev–Trinajstić information content (AvgIpc) is 3.06. The van der Waals surface area contributed by atoms with E-state index in [1.54, 1.807) is 20.1 Å². The van der Waals surface area contributed by atoms with Gasteiger partial charge in [0.05, 0.1) is 13.7 Å². The van der Waals surface area contributed by atoms with Gasteiger partial charge >= 0.3 is 0 Å². The molecule has 22 heavy (non-hydrogen) atoms. The molecule has 0 saturated heterocycles. The molecule has 2 N–H and O–H groups in total. The van der Waals surface area contributed by atoms with E-state index in [4.69, 9.17) is 4.74 Å². The first-order chi connectivity index (χ1) is 10.5. The summed E-state index contributed by atoms with van der Waals surface area (Å²) in [6.45, 7) is 1.84. The molecule has 0 unspecified atom stereocenters. The molecule has 0 aliphatic carbocycles. The van der Waals surface area contributed by atoms with Gasteiger partial charge in [0.25, 0.3) is 0 Å². The first-order valence-electron chi connectivity index (χ1n) is 6.88. The Morgan fingerprint density at radius 1 is 1.36 bits per heavy atom. The summed E-state index contributed by atoms with van der Waals surface area (Å²) in [4.78, 5) is 12.7. The van der Waals surface area contributed by atoms with E-state index in [9.17, 15) is 9.90 Å². The van der Waals surface area contributed by atoms with Crippen molar-refractivity contribution in [3.8, 4) is 5.75 Å². The maximum atomic E-state index is 11.9. The van der Waals surface area contributed by atoms with Crippen molar-refractivity contribution in [1.82, 2.24) is 5.32 Å². The Morgan fingerprint density at radius 2 is 2.14 bits per heavy atom. The number of carbonyl (C=O) groups excluding carboxylic acids is 1. The Bertz CT molecular complexity index is 648. The maximum Gasteiger partial charge on any atom is 0.244 e. The fraction of sp³-hybridized carbons (Fsp3) is 0.235. The molecule has 0 fully saturated rings. The Morgan fingerprint density at radius 3 is 2.82 bits per heavy atom. The molecule has 1 aromatic carbocycles. The minimum absolute atomic E-state index is 0.155. The topological polar surface area (TPSA) is 58.6 Å². The van der Waals surface area contributed by atoms with Crippen molar-refractivity contribution in [2.45, 2.75) is 12.5 Å². The highest BCUT2D eigenvalue weighted by Gasteiger charge is 2.24. The third kappa shape index (κ3) is 4.19. The summed E-state index contributed by atoms with van der Waals surface area (Å²) in [5.41, 5.74) is -0.243. The first-order valence-corrected chi connectivity index (χ1v) is 7.76. The third-order valence-electron chi connectivity index (χ3n) is 3.21. The van der Waals surface area contributed by atoms with Gasteiger partial charge in [-0.05, 0) is 30.5 Å². The zero-order valence-electron chi connectivity index (χ0n) is 12.6. The highest BCUT2D eigenvalue weighted by molar-refractivity contribution is 7.10. The van der Waals surface area contributed by atoms with Crippen LogP contribution >= 0.6 is 11.3 Å². The molecule has 2 aromatic rings. The van der Waals surface area contributed by atoms with Crippen LogP contribution in [0.25, 0.3) is 6.08 Å².